The number of hydrogen-bond acceptors (Lipinski definition) is 5. The molecule has 134 valence electrons. The van der Waals surface area contributed by atoms with Gasteiger partial charge < -0.3 is 0 Å². The number of nitrogens with zero attached hydrogens (tertiary/aromatic N) is 5. The van der Waals surface area contributed by atoms with E-state index in [4.69, 9.17) is 0 Å². The zero-order chi connectivity index (χ0) is 18.5. The molecule has 0 aliphatic heterocycles. The number of carbonyl (C=O) groups excluding carboxylic acids is 1. The molecule has 0 spiro atoms. The Labute approximate surface area is 145 Å². The van der Waals surface area contributed by atoms with E-state index < -0.39 is 17.6 Å². The van der Waals surface area contributed by atoms with Gasteiger partial charge in [-0.25, -0.2) is 9.97 Å². The summed E-state index contributed by atoms with van der Waals surface area (Å²) in [4.78, 5) is 19.7. The van der Waals surface area contributed by atoms with E-state index in [1.807, 2.05) is 0 Å². The van der Waals surface area contributed by atoms with Gasteiger partial charge in [0.05, 0.1) is 11.1 Å². The number of halogens is 3. The highest BCUT2D eigenvalue weighted by Crippen LogP contribution is 2.34. The van der Waals surface area contributed by atoms with Crippen LogP contribution in [0.2, 0.25) is 0 Å². The lowest BCUT2D eigenvalue weighted by Crippen LogP contribution is -2.17. The van der Waals surface area contributed by atoms with Crippen LogP contribution in [0.5, 0.6) is 0 Å². The van der Waals surface area contributed by atoms with Crippen LogP contribution in [0.3, 0.4) is 0 Å². The number of rotatable bonds is 2. The molecule has 1 aliphatic rings. The number of nitrogens with one attached hydrogen (secondary N) is 1. The highest BCUT2D eigenvalue weighted by Gasteiger charge is 2.31. The number of fused-ring (bicyclic) bond motifs is 3. The normalized spacial score (nSPS) is 16.7. The van der Waals surface area contributed by atoms with Gasteiger partial charge in [-0.15, -0.1) is 10.2 Å². The van der Waals surface area contributed by atoms with Gasteiger partial charge in [-0.1, -0.05) is 6.92 Å². The van der Waals surface area contributed by atoms with E-state index in [1.165, 1.54) is 0 Å². The monoisotopic (exact) mass is 362 g/mol. The molecule has 3 aromatic rings. The summed E-state index contributed by atoms with van der Waals surface area (Å²) >= 11 is 0. The molecule has 3 heterocycles. The van der Waals surface area contributed by atoms with Crippen LogP contribution >= 0.6 is 0 Å². The van der Waals surface area contributed by atoms with E-state index in [0.29, 0.717) is 24.0 Å². The number of hydrogen-bond donors (Lipinski definition) is 1. The smallest absolute Gasteiger partial charge is 0.290 e. The first-order valence-corrected chi connectivity index (χ1v) is 7.90. The first-order valence-electron chi connectivity index (χ1n) is 7.90. The van der Waals surface area contributed by atoms with Crippen molar-refractivity contribution >= 4 is 17.5 Å². The summed E-state index contributed by atoms with van der Waals surface area (Å²) in [6, 6.07) is 1.76. The van der Waals surface area contributed by atoms with Crippen molar-refractivity contribution < 1.29 is 18.0 Å². The molecule has 7 nitrogen and oxygen atoms in total. The van der Waals surface area contributed by atoms with Gasteiger partial charge >= 0.3 is 6.18 Å². The molecule has 10 heteroatoms. The first kappa shape index (κ1) is 16.4. The highest BCUT2D eigenvalue weighted by molar-refractivity contribution is 6.07. The molecule has 0 aromatic carbocycles. The van der Waals surface area contributed by atoms with Crippen LogP contribution in [0, 0.1) is 0 Å². The quantitative estimate of drug-likeness (QED) is 0.758. The van der Waals surface area contributed by atoms with Crippen LogP contribution in [0.1, 0.15) is 46.4 Å². The van der Waals surface area contributed by atoms with Crippen LogP contribution < -0.4 is 5.32 Å². The fourth-order valence-corrected chi connectivity index (χ4v) is 3.13. The summed E-state index contributed by atoms with van der Waals surface area (Å²) in [7, 11) is 0. The van der Waals surface area contributed by atoms with E-state index in [1.54, 1.807) is 16.8 Å². The molecule has 26 heavy (non-hydrogen) atoms. The lowest BCUT2D eigenvalue weighted by atomic mass is 10.0. The zero-order valence-electron chi connectivity index (χ0n) is 13.6. The summed E-state index contributed by atoms with van der Waals surface area (Å²) in [6.45, 7) is 2.07. The summed E-state index contributed by atoms with van der Waals surface area (Å²) in [6.07, 6.45) is 0.106. The fourth-order valence-electron chi connectivity index (χ4n) is 3.13. The molecule has 1 aliphatic carbocycles. The summed E-state index contributed by atoms with van der Waals surface area (Å²) in [5.41, 5.74) is 1.79. The van der Waals surface area contributed by atoms with Gasteiger partial charge in [0, 0.05) is 18.1 Å². The molecule has 0 saturated heterocycles. The van der Waals surface area contributed by atoms with E-state index in [2.05, 4.69) is 32.4 Å². The molecule has 0 fully saturated rings. The number of alkyl halides is 3. The molecule has 0 bridgehead atoms. The SMILES string of the molecule is C[C@@H]1CCc2c1cc(C(=O)Nc1ncc(C(F)(F)F)cn1)c1nncn21. The van der Waals surface area contributed by atoms with Crippen LogP contribution in [-0.2, 0) is 12.6 Å². The van der Waals surface area contributed by atoms with Gasteiger partial charge in [0.25, 0.3) is 5.91 Å². The van der Waals surface area contributed by atoms with Crippen molar-refractivity contribution in [3.63, 3.8) is 0 Å². The summed E-state index contributed by atoms with van der Waals surface area (Å²) < 4.78 is 39.5. The van der Waals surface area contributed by atoms with Crippen molar-refractivity contribution in [1.82, 2.24) is 24.6 Å². The maximum absolute atomic E-state index is 12.6. The fraction of sp³-hybridized carbons (Fsp3) is 0.312. The van der Waals surface area contributed by atoms with Crippen molar-refractivity contribution in [2.24, 2.45) is 0 Å². The van der Waals surface area contributed by atoms with Gasteiger partial charge in [0.2, 0.25) is 5.95 Å². The topological polar surface area (TPSA) is 85.1 Å². The minimum Gasteiger partial charge on any atom is -0.290 e. The average molecular weight is 362 g/mol. The van der Waals surface area contributed by atoms with E-state index in [0.717, 1.165) is 24.1 Å². The van der Waals surface area contributed by atoms with E-state index in [9.17, 15) is 18.0 Å². The minimum absolute atomic E-state index is 0.214. The van der Waals surface area contributed by atoms with Gasteiger partial charge in [-0.05, 0) is 30.4 Å². The second-order valence-corrected chi connectivity index (χ2v) is 6.17. The Balaban J connectivity index is 1.67. The average Bonchev–Trinajstić information content (AvgIpc) is 3.20. The Morgan fingerprint density at radius 2 is 2.04 bits per heavy atom. The van der Waals surface area contributed by atoms with Crippen LogP contribution in [-0.4, -0.2) is 30.5 Å². The standard InChI is InChI=1S/C16H13F3N6O/c1-8-2-3-12-10(8)4-11(13-24-22-7-25(12)13)14(26)23-15-20-5-9(6-21-15)16(17,18)19/h4-8H,2-3H2,1H3,(H,20,21,23,26)/t8-/m1/s1. The number of anilines is 1. The predicted octanol–water partition coefficient (Wildman–Crippen LogP) is 2.84. The molecule has 0 saturated carbocycles. The Morgan fingerprint density at radius 1 is 1.31 bits per heavy atom. The lowest BCUT2D eigenvalue weighted by molar-refractivity contribution is -0.138. The number of aromatic nitrogens is 5. The Kier molecular flexibility index (Phi) is 3.63. The van der Waals surface area contributed by atoms with Crippen molar-refractivity contribution in [3.8, 4) is 0 Å². The number of pyridine rings is 1. The molecule has 1 atom stereocenters. The third-order valence-corrected chi connectivity index (χ3v) is 4.51. The van der Waals surface area contributed by atoms with Gasteiger partial charge in [-0.2, -0.15) is 13.2 Å². The van der Waals surface area contributed by atoms with Crippen molar-refractivity contribution in [2.45, 2.75) is 31.9 Å². The Hall–Kier alpha value is -3.04. The van der Waals surface area contributed by atoms with Gasteiger partial charge in [-0.3, -0.25) is 14.5 Å². The largest absolute Gasteiger partial charge is 0.419 e. The maximum atomic E-state index is 12.6. The lowest BCUT2D eigenvalue weighted by Gasteiger charge is -2.11. The highest BCUT2D eigenvalue weighted by atomic mass is 19.4. The summed E-state index contributed by atoms with van der Waals surface area (Å²) in [5.74, 6) is -0.468. The Bertz CT molecular complexity index is 996. The molecule has 1 N–H and O–H groups in total. The van der Waals surface area contributed by atoms with Crippen LogP contribution in [0.4, 0.5) is 19.1 Å². The molecule has 4 rings (SSSR count). The number of amides is 1. The van der Waals surface area contributed by atoms with E-state index in [-0.39, 0.29) is 11.5 Å². The van der Waals surface area contributed by atoms with Gasteiger partial charge in [0.1, 0.15) is 6.33 Å². The maximum Gasteiger partial charge on any atom is 0.419 e. The predicted molar refractivity (Wildman–Crippen MR) is 84.7 cm³/mol. The van der Waals surface area contributed by atoms with Crippen LogP contribution in [0.15, 0.2) is 24.8 Å². The second-order valence-electron chi connectivity index (χ2n) is 6.17. The van der Waals surface area contributed by atoms with Crippen molar-refractivity contribution in [2.75, 3.05) is 5.32 Å². The third kappa shape index (κ3) is 2.67. The van der Waals surface area contributed by atoms with Gasteiger partial charge in [0.15, 0.2) is 5.65 Å². The first-order chi connectivity index (χ1) is 12.3. The molecule has 3 aromatic heterocycles. The number of carbonyl (C=O) groups is 1. The third-order valence-electron chi connectivity index (χ3n) is 4.51. The minimum atomic E-state index is -4.54. The van der Waals surface area contributed by atoms with E-state index >= 15 is 0 Å². The zero-order valence-corrected chi connectivity index (χ0v) is 13.6. The van der Waals surface area contributed by atoms with Crippen LogP contribution in [0.25, 0.3) is 5.65 Å². The van der Waals surface area contributed by atoms with Crippen molar-refractivity contribution in [1.29, 1.82) is 0 Å². The van der Waals surface area contributed by atoms with Crippen molar-refractivity contribution in [3.05, 3.63) is 47.2 Å². The molecular formula is C16H13F3N6O. The number of aryl methyl sites for hydroxylation is 1. The Morgan fingerprint density at radius 3 is 2.73 bits per heavy atom. The molecular weight excluding hydrogens is 349 g/mol. The summed E-state index contributed by atoms with van der Waals surface area (Å²) in [5, 5.41) is 10.3. The molecule has 0 unspecified atom stereocenters. The molecule has 0 radical (unpaired) electrons. The molecule has 1 amide bonds. The second kappa shape index (κ2) is 5.75.